The molecule has 2 aliphatic heterocycles. The lowest BCUT2D eigenvalue weighted by Crippen LogP contribution is -2.45. The van der Waals surface area contributed by atoms with Crippen molar-refractivity contribution in [2.45, 2.75) is 63.5 Å². The summed E-state index contributed by atoms with van der Waals surface area (Å²) in [4.78, 5) is 59.0. The second-order valence-electron chi connectivity index (χ2n) is 12.3. The highest BCUT2D eigenvalue weighted by Crippen LogP contribution is 2.43. The number of para-hydroxylation sites is 1. The van der Waals surface area contributed by atoms with Gasteiger partial charge in [0.1, 0.15) is 11.9 Å². The Bertz CT molecular complexity index is 2000. The number of aromatic nitrogens is 2. The first-order valence-corrected chi connectivity index (χ1v) is 15.8. The van der Waals surface area contributed by atoms with Gasteiger partial charge in [0, 0.05) is 29.3 Å². The van der Waals surface area contributed by atoms with Gasteiger partial charge in [-0.2, -0.15) is 0 Å². The fourth-order valence-electron chi connectivity index (χ4n) is 7.31. The first-order valence-electron chi connectivity index (χ1n) is 15.8. The predicted octanol–water partition coefficient (Wildman–Crippen LogP) is 5.43. The maximum absolute atomic E-state index is 14.0. The van der Waals surface area contributed by atoms with Crippen LogP contribution in [0.3, 0.4) is 0 Å². The Hall–Kier alpha value is -5.31. The molecule has 7 rings (SSSR count). The summed E-state index contributed by atoms with van der Waals surface area (Å²) in [5, 5.41) is 2.89. The number of nitrogens with two attached hydrogens (primary N) is 1. The summed E-state index contributed by atoms with van der Waals surface area (Å²) >= 11 is 0. The van der Waals surface area contributed by atoms with Crippen molar-refractivity contribution in [3.63, 3.8) is 0 Å². The Labute approximate surface area is 266 Å². The van der Waals surface area contributed by atoms with Crippen LogP contribution in [0.15, 0.2) is 83.7 Å². The monoisotopic (exact) mass is 613 g/mol. The van der Waals surface area contributed by atoms with E-state index >= 15 is 0 Å². The van der Waals surface area contributed by atoms with Crippen LogP contribution < -0.4 is 21.5 Å². The van der Waals surface area contributed by atoms with Crippen molar-refractivity contribution in [3.8, 4) is 0 Å². The van der Waals surface area contributed by atoms with E-state index in [-0.39, 0.29) is 42.2 Å². The minimum absolute atomic E-state index is 0.00330. The van der Waals surface area contributed by atoms with Crippen LogP contribution in [0.25, 0.3) is 22.6 Å². The predicted molar refractivity (Wildman–Crippen MR) is 179 cm³/mol. The third kappa shape index (κ3) is 5.21. The molecule has 0 bridgehead atoms. The number of anilines is 2. The number of imide groups is 1. The Balaban J connectivity index is 1.14. The normalized spacial score (nSPS) is 22.5. The number of nitrogen functional groups attached to an aromatic ring is 1. The molecule has 1 saturated carbocycles. The fraction of sp³-hybridized carbons (Fsp3) is 0.270. The maximum Gasteiger partial charge on any atom is 0.262 e. The van der Waals surface area contributed by atoms with E-state index in [0.29, 0.717) is 28.0 Å². The zero-order valence-electron chi connectivity index (χ0n) is 25.6. The second kappa shape index (κ2) is 11.9. The average Bonchev–Trinajstić information content (AvgIpc) is 3.33. The topological polar surface area (TPSA) is 127 Å². The maximum atomic E-state index is 14.0. The van der Waals surface area contributed by atoms with E-state index < -0.39 is 11.9 Å². The molecule has 3 N–H and O–H groups in total. The number of nitrogens with zero attached hydrogens (tertiary/aromatic N) is 3. The molecule has 3 aliphatic rings. The molecule has 1 atom stereocenters. The quantitative estimate of drug-likeness (QED) is 0.175. The molecule has 9 nitrogen and oxygen atoms in total. The number of hydrogen-bond acceptors (Lipinski definition) is 6. The van der Waals surface area contributed by atoms with E-state index in [4.69, 9.17) is 10.7 Å². The van der Waals surface area contributed by atoms with Crippen LogP contribution in [-0.2, 0) is 14.4 Å². The van der Waals surface area contributed by atoms with E-state index in [1.807, 2.05) is 89.9 Å². The van der Waals surface area contributed by atoms with E-state index in [1.54, 1.807) is 6.92 Å². The summed E-state index contributed by atoms with van der Waals surface area (Å²) in [7, 11) is 0. The number of carbonyl (C=O) groups is 3. The molecule has 3 heterocycles. The van der Waals surface area contributed by atoms with Crippen molar-refractivity contribution in [2.75, 3.05) is 10.6 Å². The van der Waals surface area contributed by atoms with E-state index in [2.05, 4.69) is 5.32 Å². The van der Waals surface area contributed by atoms with Crippen molar-refractivity contribution in [3.05, 3.63) is 112 Å². The first-order chi connectivity index (χ1) is 22.3. The highest BCUT2D eigenvalue weighted by Gasteiger charge is 2.39. The van der Waals surface area contributed by atoms with Gasteiger partial charge in [-0.1, -0.05) is 54.6 Å². The number of rotatable bonds is 5. The van der Waals surface area contributed by atoms with Gasteiger partial charge in [0.05, 0.1) is 16.6 Å². The van der Waals surface area contributed by atoms with Crippen LogP contribution in [0.1, 0.15) is 73.0 Å². The van der Waals surface area contributed by atoms with Crippen molar-refractivity contribution < 1.29 is 14.4 Å². The number of piperidine rings is 1. The van der Waals surface area contributed by atoms with Crippen molar-refractivity contribution >= 4 is 51.6 Å². The average molecular weight is 614 g/mol. The summed E-state index contributed by atoms with van der Waals surface area (Å²) < 4.78 is 1.45. The molecule has 46 heavy (non-hydrogen) atoms. The number of amides is 3. The molecule has 232 valence electrons. The Morgan fingerprint density at radius 2 is 1.65 bits per heavy atom. The summed E-state index contributed by atoms with van der Waals surface area (Å²) in [6.07, 6.45) is 9.40. The zero-order valence-corrected chi connectivity index (χ0v) is 25.6. The molecule has 1 aromatic heterocycles. The molecule has 1 aliphatic carbocycles. The third-order valence-electron chi connectivity index (χ3n) is 9.55. The van der Waals surface area contributed by atoms with Gasteiger partial charge in [-0.05, 0) is 86.4 Å². The SMILES string of the molecule is Cc1nc2cccc(C3CCC(N4C(=O)/C(=C/C=C/c5ccc(N)cc5)c5ccccc54)CC3)c2c(=O)n1C1CCC(=O)NC1=O. The van der Waals surface area contributed by atoms with Crippen LogP contribution >= 0.6 is 0 Å². The van der Waals surface area contributed by atoms with E-state index in [1.165, 1.54) is 4.57 Å². The third-order valence-corrected chi connectivity index (χ3v) is 9.55. The largest absolute Gasteiger partial charge is 0.399 e. The Morgan fingerprint density at radius 1 is 0.891 bits per heavy atom. The molecule has 1 saturated heterocycles. The molecule has 2 fully saturated rings. The van der Waals surface area contributed by atoms with Crippen LogP contribution in [0.2, 0.25) is 0 Å². The Morgan fingerprint density at radius 3 is 2.41 bits per heavy atom. The van der Waals surface area contributed by atoms with Crippen LogP contribution in [-0.4, -0.2) is 33.3 Å². The molecule has 3 amide bonds. The lowest BCUT2D eigenvalue weighted by atomic mass is 9.80. The number of allylic oxidation sites excluding steroid dienone is 2. The van der Waals surface area contributed by atoms with Crippen molar-refractivity contribution in [2.24, 2.45) is 0 Å². The van der Waals surface area contributed by atoms with Crippen molar-refractivity contribution in [1.82, 2.24) is 14.9 Å². The molecule has 0 radical (unpaired) electrons. The van der Waals surface area contributed by atoms with Crippen LogP contribution in [0.5, 0.6) is 0 Å². The summed E-state index contributed by atoms with van der Waals surface area (Å²) in [5.74, 6) is -0.229. The molecule has 1 unspecified atom stereocenters. The lowest BCUT2D eigenvalue weighted by Gasteiger charge is -2.35. The summed E-state index contributed by atoms with van der Waals surface area (Å²) in [5.41, 5.74) is 11.3. The number of hydrogen-bond donors (Lipinski definition) is 2. The van der Waals surface area contributed by atoms with Gasteiger partial charge in [-0.3, -0.25) is 29.1 Å². The molecular weight excluding hydrogens is 578 g/mol. The standard InChI is InChI=1S/C37H35N5O4/c1-22-39-30-10-5-8-27(34(30)37(46)41(22)32-20-21-33(43)40-35(32)44)24-14-18-26(19-15-24)42-31-11-3-2-7-28(31)29(36(42)45)9-4-6-23-12-16-25(38)17-13-23/h2-13,16-17,24,26,32H,14-15,18-21,38H2,1H3,(H,40,43,44)/b6-4+,29-9+. The second-order valence-corrected chi connectivity index (χ2v) is 12.3. The molecule has 0 spiro atoms. The molecular formula is C37H35N5O4. The van der Waals surface area contributed by atoms with Gasteiger partial charge in [-0.15, -0.1) is 0 Å². The molecule has 9 heteroatoms. The Kier molecular flexibility index (Phi) is 7.60. The fourth-order valence-corrected chi connectivity index (χ4v) is 7.31. The molecule has 4 aromatic rings. The van der Waals surface area contributed by atoms with Crippen LogP contribution in [0.4, 0.5) is 11.4 Å². The summed E-state index contributed by atoms with van der Waals surface area (Å²) in [6, 6.07) is 20.6. The highest BCUT2D eigenvalue weighted by atomic mass is 16.2. The number of benzene rings is 3. The highest BCUT2D eigenvalue weighted by molar-refractivity contribution is 6.33. The van der Waals surface area contributed by atoms with Gasteiger partial charge < -0.3 is 10.6 Å². The van der Waals surface area contributed by atoms with Crippen LogP contribution in [0, 0.1) is 6.92 Å². The minimum atomic E-state index is -0.768. The number of carbonyl (C=O) groups excluding carboxylic acids is 3. The van der Waals surface area contributed by atoms with E-state index in [0.717, 1.165) is 48.1 Å². The van der Waals surface area contributed by atoms with Gasteiger partial charge in [0.2, 0.25) is 11.8 Å². The number of nitrogens with one attached hydrogen (secondary N) is 1. The minimum Gasteiger partial charge on any atom is -0.399 e. The number of aryl methyl sites for hydroxylation is 1. The van der Waals surface area contributed by atoms with Gasteiger partial charge in [0.15, 0.2) is 0 Å². The van der Waals surface area contributed by atoms with Gasteiger partial charge in [0.25, 0.3) is 11.5 Å². The lowest BCUT2D eigenvalue weighted by molar-refractivity contribution is -0.135. The number of fused-ring (bicyclic) bond motifs is 2. The first kappa shape index (κ1) is 29.4. The van der Waals surface area contributed by atoms with Gasteiger partial charge in [-0.25, -0.2) is 4.98 Å². The zero-order chi connectivity index (χ0) is 31.9. The summed E-state index contributed by atoms with van der Waals surface area (Å²) in [6.45, 7) is 1.73. The molecule has 3 aromatic carbocycles. The van der Waals surface area contributed by atoms with E-state index in [9.17, 15) is 19.2 Å². The van der Waals surface area contributed by atoms with Gasteiger partial charge >= 0.3 is 0 Å². The van der Waals surface area contributed by atoms with Crippen molar-refractivity contribution in [1.29, 1.82) is 0 Å². The smallest absolute Gasteiger partial charge is 0.262 e.